The molecule has 0 amide bonds. The van der Waals surface area contributed by atoms with E-state index in [2.05, 4.69) is 243 Å². The summed E-state index contributed by atoms with van der Waals surface area (Å²) in [6.07, 6.45) is 0. The molecule has 16 aromatic rings. The van der Waals surface area contributed by atoms with Gasteiger partial charge in [-0.1, -0.05) is 172 Å². The number of hydrogen-bond acceptors (Lipinski definition) is 6. The summed E-state index contributed by atoms with van der Waals surface area (Å²) >= 11 is 7.60. The molecule has 0 unspecified atom stereocenters. The van der Waals surface area contributed by atoms with Crippen LogP contribution in [0.25, 0.3) is 113 Å². The summed E-state index contributed by atoms with van der Waals surface area (Å²) in [4.78, 5) is 5.23. The van der Waals surface area contributed by atoms with Crippen molar-refractivity contribution in [1.29, 1.82) is 0 Å². The summed E-state index contributed by atoms with van der Waals surface area (Å²) in [7, 11) is 0. The molecule has 12 aromatic carbocycles. The van der Waals surface area contributed by atoms with E-state index in [1.807, 2.05) is 45.3 Å². The summed E-state index contributed by atoms with van der Waals surface area (Å²) in [6, 6.07) is 80.3. The molecule has 0 N–H and O–H groups in total. The van der Waals surface area contributed by atoms with Crippen molar-refractivity contribution in [1.82, 2.24) is 0 Å². The Morgan fingerprint density at radius 2 is 0.608 bits per heavy atom. The van der Waals surface area contributed by atoms with Gasteiger partial charge in [0.1, 0.15) is 0 Å². The average molecular weight is 1020 g/mol. The molecule has 0 fully saturated rings. The maximum Gasteiger partial charge on any atom is 0.0641 e. The third kappa shape index (κ3) is 6.08. The van der Waals surface area contributed by atoms with Crippen LogP contribution in [0, 0.1) is 0 Å². The number of rotatable bonds is 6. The SMILES string of the molecule is CC(C)(C)c1cc(N(c2cccc3c2sc2ccccc23)c2cccc3c2sc2ccccc23)c2ccc3ccc(N(c4cccc5c4sc4ccccc45)c4cccc5c4sc4ccccc45)c4ccc1c2c34. The van der Waals surface area contributed by atoms with Crippen molar-refractivity contribution in [3.8, 4) is 0 Å². The highest BCUT2D eigenvalue weighted by Gasteiger charge is 2.30. The Morgan fingerprint density at radius 1 is 0.270 bits per heavy atom. The van der Waals surface area contributed by atoms with Crippen LogP contribution in [0.1, 0.15) is 26.3 Å². The molecule has 74 heavy (non-hydrogen) atoms. The van der Waals surface area contributed by atoms with E-state index in [0.717, 1.165) is 0 Å². The van der Waals surface area contributed by atoms with Gasteiger partial charge >= 0.3 is 0 Å². The molecule has 4 aromatic heterocycles. The second-order valence-electron chi connectivity index (χ2n) is 20.7. The van der Waals surface area contributed by atoms with Crippen LogP contribution in [0.2, 0.25) is 0 Å². The van der Waals surface area contributed by atoms with Crippen LogP contribution in [0.4, 0.5) is 34.1 Å². The molecule has 0 aliphatic carbocycles. The lowest BCUT2D eigenvalue weighted by Gasteiger charge is -2.32. The Balaban J connectivity index is 1.03. The summed E-state index contributed by atoms with van der Waals surface area (Å²) in [5.41, 5.74) is 8.30. The van der Waals surface area contributed by atoms with E-state index in [0.29, 0.717) is 0 Å². The average Bonchev–Trinajstić information content (AvgIpc) is 4.22. The van der Waals surface area contributed by atoms with Gasteiger partial charge < -0.3 is 9.80 Å². The molecule has 0 atom stereocenters. The van der Waals surface area contributed by atoms with E-state index in [9.17, 15) is 0 Å². The van der Waals surface area contributed by atoms with E-state index in [1.54, 1.807) is 0 Å². The van der Waals surface area contributed by atoms with Crippen molar-refractivity contribution in [2.24, 2.45) is 0 Å². The van der Waals surface area contributed by atoms with Crippen molar-refractivity contribution in [3.05, 3.63) is 218 Å². The number of hydrogen-bond donors (Lipinski definition) is 0. The second-order valence-corrected chi connectivity index (χ2v) is 24.9. The molecule has 0 radical (unpaired) electrons. The third-order valence-electron chi connectivity index (χ3n) is 15.5. The summed E-state index contributed by atoms with van der Waals surface area (Å²) in [5.74, 6) is 0. The molecular weight excluding hydrogens is 973 g/mol. The predicted octanol–water partition coefficient (Wildman–Crippen LogP) is 22.3. The quantitative estimate of drug-likeness (QED) is 0.153. The molecular formula is C68H44N2S4. The Hall–Kier alpha value is -7.84. The van der Waals surface area contributed by atoms with E-state index < -0.39 is 0 Å². The van der Waals surface area contributed by atoms with Gasteiger partial charge in [-0.2, -0.15) is 0 Å². The van der Waals surface area contributed by atoms with E-state index in [4.69, 9.17) is 0 Å². The van der Waals surface area contributed by atoms with Gasteiger partial charge in [-0.15, -0.1) is 45.3 Å². The highest BCUT2D eigenvalue weighted by Crippen LogP contribution is 2.56. The molecule has 0 saturated heterocycles. The lowest BCUT2D eigenvalue weighted by atomic mass is 9.80. The molecule has 0 bridgehead atoms. The zero-order valence-electron chi connectivity index (χ0n) is 40.7. The third-order valence-corrected chi connectivity index (χ3v) is 20.4. The Morgan fingerprint density at radius 3 is 1.03 bits per heavy atom. The van der Waals surface area contributed by atoms with Crippen LogP contribution >= 0.6 is 45.3 Å². The second kappa shape index (κ2) is 15.8. The molecule has 6 heteroatoms. The summed E-state index contributed by atoms with van der Waals surface area (Å²) in [5, 5.41) is 18.0. The largest absolute Gasteiger partial charge is 0.307 e. The number of anilines is 6. The van der Waals surface area contributed by atoms with Crippen molar-refractivity contribution < 1.29 is 0 Å². The Labute approximate surface area is 443 Å². The lowest BCUT2D eigenvalue weighted by Crippen LogP contribution is -2.16. The molecule has 4 heterocycles. The monoisotopic (exact) mass is 1020 g/mol. The Kier molecular flexibility index (Phi) is 9.12. The Bertz CT molecular complexity index is 4750. The number of benzene rings is 12. The first-order valence-corrected chi connectivity index (χ1v) is 28.6. The molecule has 0 aliphatic heterocycles. The van der Waals surface area contributed by atoms with Gasteiger partial charge in [0.05, 0.1) is 52.9 Å². The minimum absolute atomic E-state index is 0.182. The van der Waals surface area contributed by atoms with Crippen LogP contribution in [-0.2, 0) is 5.41 Å². The maximum absolute atomic E-state index is 2.63. The minimum atomic E-state index is -0.182. The minimum Gasteiger partial charge on any atom is -0.307 e. The number of thiophene rings is 4. The van der Waals surface area contributed by atoms with Crippen molar-refractivity contribution >= 4 is 192 Å². The van der Waals surface area contributed by atoms with E-state index in [1.165, 1.54) is 153 Å². The topological polar surface area (TPSA) is 6.48 Å². The van der Waals surface area contributed by atoms with Crippen molar-refractivity contribution in [3.63, 3.8) is 0 Å². The molecule has 0 saturated carbocycles. The lowest BCUT2D eigenvalue weighted by molar-refractivity contribution is 0.596. The van der Waals surface area contributed by atoms with Crippen LogP contribution in [-0.4, -0.2) is 0 Å². The zero-order chi connectivity index (χ0) is 49.0. The van der Waals surface area contributed by atoms with Gasteiger partial charge in [0.2, 0.25) is 0 Å². The first-order valence-electron chi connectivity index (χ1n) is 25.3. The highest BCUT2D eigenvalue weighted by atomic mass is 32.1. The van der Waals surface area contributed by atoms with Gasteiger partial charge in [0.15, 0.2) is 0 Å². The van der Waals surface area contributed by atoms with Crippen LogP contribution in [0.5, 0.6) is 0 Å². The molecule has 16 rings (SSSR count). The maximum atomic E-state index is 2.63. The smallest absolute Gasteiger partial charge is 0.0641 e. The fraction of sp³-hybridized carbons (Fsp3) is 0.0588. The first-order chi connectivity index (χ1) is 36.4. The zero-order valence-corrected chi connectivity index (χ0v) is 44.0. The first kappa shape index (κ1) is 42.6. The molecule has 0 aliphatic rings. The van der Waals surface area contributed by atoms with Gasteiger partial charge in [-0.05, 0) is 93.2 Å². The fourth-order valence-corrected chi connectivity index (χ4v) is 17.1. The van der Waals surface area contributed by atoms with Crippen molar-refractivity contribution in [2.45, 2.75) is 26.2 Å². The molecule has 350 valence electrons. The van der Waals surface area contributed by atoms with Gasteiger partial charge in [-0.3, -0.25) is 0 Å². The van der Waals surface area contributed by atoms with Crippen LogP contribution < -0.4 is 9.80 Å². The summed E-state index contributed by atoms with van der Waals surface area (Å²) in [6.45, 7) is 7.16. The van der Waals surface area contributed by atoms with E-state index in [-0.39, 0.29) is 5.41 Å². The predicted molar refractivity (Wildman–Crippen MR) is 330 cm³/mol. The fourth-order valence-electron chi connectivity index (χ4n) is 12.3. The van der Waals surface area contributed by atoms with Gasteiger partial charge in [0.25, 0.3) is 0 Å². The highest BCUT2D eigenvalue weighted by molar-refractivity contribution is 7.28. The van der Waals surface area contributed by atoms with E-state index >= 15 is 0 Å². The number of fused-ring (bicyclic) bond motifs is 12. The van der Waals surface area contributed by atoms with Crippen LogP contribution in [0.15, 0.2) is 212 Å². The normalized spacial score (nSPS) is 12.5. The van der Waals surface area contributed by atoms with Gasteiger partial charge in [-0.25, -0.2) is 0 Å². The summed E-state index contributed by atoms with van der Waals surface area (Å²) < 4.78 is 10.4. The van der Waals surface area contributed by atoms with Crippen molar-refractivity contribution in [2.75, 3.05) is 9.80 Å². The molecule has 0 spiro atoms. The van der Waals surface area contributed by atoms with Crippen LogP contribution in [0.3, 0.4) is 0 Å². The standard InChI is InChI=1S/C68H44N2S4/c1-68(2,3)51-38-57(70(55-26-14-22-46-42-18-6-10-30-60(42)73-66(46)55)56-27-15-23-47-43-19-7-11-31-61(43)74-67(47)56)50-34-32-39-33-37-52(49-36-35-48(51)63(50)62(39)49)69(53-24-12-20-44-40-16-4-8-28-58(40)71-64(44)53)54-25-13-21-45-41-17-5-9-29-59(41)72-65(45)54/h4-38H,1-3H3. The number of nitrogens with zero attached hydrogens (tertiary/aromatic N) is 2. The van der Waals surface area contributed by atoms with Gasteiger partial charge in [0, 0.05) is 72.7 Å². The molecule has 2 nitrogen and oxygen atoms in total.